The summed E-state index contributed by atoms with van der Waals surface area (Å²) in [6.45, 7) is 2.99. The van der Waals surface area contributed by atoms with Crippen molar-refractivity contribution in [3.05, 3.63) is 29.8 Å². The Labute approximate surface area is 128 Å². The maximum absolute atomic E-state index is 12.1. The van der Waals surface area contributed by atoms with Crippen LogP contribution in [0.25, 0.3) is 0 Å². The van der Waals surface area contributed by atoms with Crippen LogP contribution in [0.3, 0.4) is 0 Å². The molecular weight excluding hydrogens is 286 g/mol. The molecule has 0 spiro atoms. The lowest BCUT2D eigenvalue weighted by atomic mass is 9.76. The van der Waals surface area contributed by atoms with Crippen LogP contribution in [0.2, 0.25) is 0 Å². The van der Waals surface area contributed by atoms with Crippen molar-refractivity contribution < 1.29 is 24.2 Å². The van der Waals surface area contributed by atoms with Gasteiger partial charge in [-0.05, 0) is 45.2 Å². The minimum absolute atomic E-state index is 0.0955. The fourth-order valence-corrected chi connectivity index (χ4v) is 2.31. The van der Waals surface area contributed by atoms with Gasteiger partial charge in [0.1, 0.15) is 11.3 Å². The van der Waals surface area contributed by atoms with Crippen molar-refractivity contribution in [2.24, 2.45) is 0 Å². The number of hydrogen-bond donors (Lipinski definition) is 2. The largest absolute Gasteiger partial charge is 0.481 e. The van der Waals surface area contributed by atoms with E-state index in [0.29, 0.717) is 24.2 Å². The molecule has 1 unspecified atom stereocenters. The van der Waals surface area contributed by atoms with Crippen LogP contribution in [0.1, 0.15) is 43.5 Å². The van der Waals surface area contributed by atoms with E-state index < -0.39 is 23.5 Å². The van der Waals surface area contributed by atoms with Gasteiger partial charge in [-0.1, -0.05) is 12.1 Å². The van der Waals surface area contributed by atoms with Gasteiger partial charge in [-0.25, -0.2) is 4.79 Å². The Bertz CT molecular complexity index is 606. The highest BCUT2D eigenvalue weighted by Crippen LogP contribution is 2.32. The SMILES string of the molecule is CC(=O)c1cccc(OC(C)C(=O)NC2(C(=O)O)CCC2)c1. The molecule has 0 radical (unpaired) electrons. The smallest absolute Gasteiger partial charge is 0.329 e. The minimum Gasteiger partial charge on any atom is -0.481 e. The third kappa shape index (κ3) is 3.27. The van der Waals surface area contributed by atoms with Gasteiger partial charge < -0.3 is 15.2 Å². The standard InChI is InChI=1S/C16H19NO5/c1-10(18)12-5-3-6-13(9-12)22-11(2)14(19)17-16(15(20)21)7-4-8-16/h3,5-6,9,11H,4,7-8H2,1-2H3,(H,17,19)(H,20,21). The van der Waals surface area contributed by atoms with Crippen molar-refractivity contribution in [1.29, 1.82) is 0 Å². The summed E-state index contributed by atoms with van der Waals surface area (Å²) in [7, 11) is 0. The predicted molar refractivity (Wildman–Crippen MR) is 78.9 cm³/mol. The first-order chi connectivity index (χ1) is 10.3. The molecule has 1 amide bonds. The molecule has 1 aromatic carbocycles. The van der Waals surface area contributed by atoms with E-state index in [1.165, 1.54) is 6.92 Å². The molecule has 2 rings (SSSR count). The monoisotopic (exact) mass is 305 g/mol. The first-order valence-electron chi connectivity index (χ1n) is 7.17. The summed E-state index contributed by atoms with van der Waals surface area (Å²) in [4.78, 5) is 34.7. The number of ketones is 1. The van der Waals surface area contributed by atoms with E-state index in [-0.39, 0.29) is 5.78 Å². The molecule has 0 bridgehead atoms. The molecule has 0 heterocycles. The number of benzene rings is 1. The zero-order valence-electron chi connectivity index (χ0n) is 12.6. The quantitative estimate of drug-likeness (QED) is 0.781. The average Bonchev–Trinajstić information content (AvgIpc) is 2.42. The molecule has 0 aromatic heterocycles. The number of carbonyl (C=O) groups excluding carboxylic acids is 2. The maximum atomic E-state index is 12.1. The number of ether oxygens (including phenoxy) is 1. The van der Waals surface area contributed by atoms with Crippen molar-refractivity contribution in [2.75, 3.05) is 0 Å². The average molecular weight is 305 g/mol. The summed E-state index contributed by atoms with van der Waals surface area (Å²) in [6, 6.07) is 6.53. The van der Waals surface area contributed by atoms with Crippen LogP contribution in [0.5, 0.6) is 5.75 Å². The van der Waals surface area contributed by atoms with Crippen LogP contribution >= 0.6 is 0 Å². The summed E-state index contributed by atoms with van der Waals surface area (Å²) in [5.41, 5.74) is -0.665. The third-order valence-electron chi connectivity index (χ3n) is 3.90. The second kappa shape index (κ2) is 6.17. The second-order valence-electron chi connectivity index (χ2n) is 5.57. The van der Waals surface area contributed by atoms with Crippen LogP contribution < -0.4 is 10.1 Å². The van der Waals surface area contributed by atoms with Crippen molar-refractivity contribution >= 4 is 17.7 Å². The lowest BCUT2D eigenvalue weighted by Crippen LogP contribution is -2.61. The van der Waals surface area contributed by atoms with E-state index in [1.54, 1.807) is 31.2 Å². The van der Waals surface area contributed by atoms with Gasteiger partial charge in [-0.15, -0.1) is 0 Å². The van der Waals surface area contributed by atoms with E-state index in [1.807, 2.05) is 0 Å². The number of rotatable bonds is 6. The van der Waals surface area contributed by atoms with E-state index in [9.17, 15) is 19.5 Å². The summed E-state index contributed by atoms with van der Waals surface area (Å²) in [6.07, 6.45) is 0.794. The normalized spacial score (nSPS) is 17.0. The molecule has 22 heavy (non-hydrogen) atoms. The molecule has 1 atom stereocenters. The van der Waals surface area contributed by atoms with Crippen molar-refractivity contribution in [2.45, 2.75) is 44.8 Å². The van der Waals surface area contributed by atoms with E-state index in [2.05, 4.69) is 5.32 Å². The van der Waals surface area contributed by atoms with E-state index in [4.69, 9.17) is 4.74 Å². The zero-order valence-corrected chi connectivity index (χ0v) is 12.6. The molecular formula is C16H19NO5. The summed E-state index contributed by atoms with van der Waals surface area (Å²) >= 11 is 0. The Balaban J connectivity index is 2.01. The highest BCUT2D eigenvalue weighted by atomic mass is 16.5. The Morgan fingerprint density at radius 3 is 2.50 bits per heavy atom. The lowest BCUT2D eigenvalue weighted by molar-refractivity contribution is -0.152. The fraction of sp³-hybridized carbons (Fsp3) is 0.438. The molecule has 1 fully saturated rings. The van der Waals surface area contributed by atoms with E-state index in [0.717, 1.165) is 6.42 Å². The molecule has 1 aliphatic rings. The number of amides is 1. The van der Waals surface area contributed by atoms with E-state index >= 15 is 0 Å². The van der Waals surface area contributed by atoms with Gasteiger partial charge >= 0.3 is 5.97 Å². The number of hydrogen-bond acceptors (Lipinski definition) is 4. The summed E-state index contributed by atoms with van der Waals surface area (Å²) in [5, 5.41) is 11.8. The number of carboxylic acid groups (broad SMARTS) is 1. The molecule has 1 aromatic rings. The second-order valence-corrected chi connectivity index (χ2v) is 5.57. The van der Waals surface area contributed by atoms with Gasteiger partial charge in [0.2, 0.25) is 0 Å². The highest BCUT2D eigenvalue weighted by molar-refractivity contribution is 5.94. The van der Waals surface area contributed by atoms with Gasteiger partial charge in [0.15, 0.2) is 11.9 Å². The van der Waals surface area contributed by atoms with Crippen LogP contribution in [0.4, 0.5) is 0 Å². The Kier molecular flexibility index (Phi) is 4.49. The third-order valence-corrected chi connectivity index (χ3v) is 3.90. The number of carboxylic acids is 1. The van der Waals surface area contributed by atoms with Gasteiger partial charge in [-0.3, -0.25) is 9.59 Å². The zero-order chi connectivity index (χ0) is 16.3. The Hall–Kier alpha value is -2.37. The minimum atomic E-state index is -1.16. The molecule has 0 saturated heterocycles. The predicted octanol–water partition coefficient (Wildman–Crippen LogP) is 1.78. The molecule has 6 nitrogen and oxygen atoms in total. The van der Waals surface area contributed by atoms with Gasteiger partial charge in [0.25, 0.3) is 5.91 Å². The first-order valence-corrected chi connectivity index (χ1v) is 7.17. The molecule has 118 valence electrons. The van der Waals surface area contributed by atoms with Crippen LogP contribution in [0.15, 0.2) is 24.3 Å². The van der Waals surface area contributed by atoms with Gasteiger partial charge in [0.05, 0.1) is 0 Å². The van der Waals surface area contributed by atoms with Crippen molar-refractivity contribution in [1.82, 2.24) is 5.32 Å². The Morgan fingerprint density at radius 1 is 1.32 bits per heavy atom. The summed E-state index contributed by atoms with van der Waals surface area (Å²) < 4.78 is 5.50. The molecule has 1 saturated carbocycles. The highest BCUT2D eigenvalue weighted by Gasteiger charge is 2.46. The number of nitrogens with one attached hydrogen (secondary N) is 1. The van der Waals surface area contributed by atoms with Crippen LogP contribution in [-0.2, 0) is 9.59 Å². The van der Waals surface area contributed by atoms with Crippen molar-refractivity contribution in [3.63, 3.8) is 0 Å². The Morgan fingerprint density at radius 2 is 2.00 bits per heavy atom. The summed E-state index contributed by atoms with van der Waals surface area (Å²) in [5.74, 6) is -1.19. The molecule has 1 aliphatic carbocycles. The molecule has 2 N–H and O–H groups in total. The van der Waals surface area contributed by atoms with Crippen molar-refractivity contribution in [3.8, 4) is 5.75 Å². The molecule has 6 heteroatoms. The fourth-order valence-electron chi connectivity index (χ4n) is 2.31. The van der Waals surface area contributed by atoms with Crippen LogP contribution in [-0.4, -0.2) is 34.4 Å². The van der Waals surface area contributed by atoms with Crippen LogP contribution in [0, 0.1) is 0 Å². The first kappa shape index (κ1) is 16.0. The number of carbonyl (C=O) groups is 3. The molecule has 0 aliphatic heterocycles. The van der Waals surface area contributed by atoms with Gasteiger partial charge in [0, 0.05) is 5.56 Å². The lowest BCUT2D eigenvalue weighted by Gasteiger charge is -2.38. The number of Topliss-reactive ketones (excluding diaryl/α,β-unsaturated/α-hetero) is 1. The maximum Gasteiger partial charge on any atom is 0.329 e. The topological polar surface area (TPSA) is 92.7 Å². The van der Waals surface area contributed by atoms with Gasteiger partial charge in [-0.2, -0.15) is 0 Å². The number of aliphatic carboxylic acids is 1.